The molecule has 3 rings (SSSR count). The molecule has 0 saturated carbocycles. The molecule has 0 unspecified atom stereocenters. The van der Waals surface area contributed by atoms with Crippen molar-refractivity contribution in [2.75, 3.05) is 0 Å². The second-order valence-electron chi connectivity index (χ2n) is 5.21. The predicted octanol–water partition coefficient (Wildman–Crippen LogP) is 5.61. The molecule has 0 aliphatic heterocycles. The van der Waals surface area contributed by atoms with E-state index in [0.29, 0.717) is 6.61 Å². The minimum absolute atomic E-state index is 0.607. The summed E-state index contributed by atoms with van der Waals surface area (Å²) in [4.78, 5) is 0. The van der Waals surface area contributed by atoms with Gasteiger partial charge in [0.05, 0.1) is 0 Å². The number of hydrogen-bond donors (Lipinski definition) is 0. The highest BCUT2D eigenvalue weighted by Crippen LogP contribution is 2.28. The molecule has 0 amide bonds. The molecule has 0 aliphatic rings. The third-order valence-electron chi connectivity index (χ3n) is 3.60. The zero-order chi connectivity index (χ0) is 14.7. The summed E-state index contributed by atoms with van der Waals surface area (Å²) in [6.45, 7) is 4.93. The Hall–Kier alpha value is -2.06. The summed E-state index contributed by atoms with van der Waals surface area (Å²) in [6, 6.07) is 17.0. The first-order valence-electron chi connectivity index (χ1n) is 7.04. The molecule has 0 fully saturated rings. The Morgan fingerprint density at radius 2 is 1.71 bits per heavy atom. The molecule has 0 N–H and O–H groups in total. The third-order valence-corrected chi connectivity index (χ3v) is 4.26. The summed E-state index contributed by atoms with van der Waals surface area (Å²) in [6.07, 6.45) is 0. The number of ether oxygens (including phenoxy) is 1. The first-order valence-corrected chi connectivity index (χ1v) is 7.99. The molecule has 0 atom stereocenters. The fourth-order valence-electron chi connectivity index (χ4n) is 2.59. The highest BCUT2D eigenvalue weighted by atomic mass is 32.1. The van der Waals surface area contributed by atoms with E-state index in [9.17, 15) is 0 Å². The topological polar surface area (TPSA) is 9.23 Å². The van der Waals surface area contributed by atoms with E-state index in [1.807, 2.05) is 16.8 Å². The van der Waals surface area contributed by atoms with Gasteiger partial charge in [-0.15, -0.1) is 11.3 Å². The molecule has 1 nitrogen and oxygen atoms in total. The molecular formula is C19H18OS. The highest BCUT2D eigenvalue weighted by Gasteiger charge is 2.06. The lowest BCUT2D eigenvalue weighted by atomic mass is 9.95. The van der Waals surface area contributed by atoms with Crippen molar-refractivity contribution < 1.29 is 4.74 Å². The van der Waals surface area contributed by atoms with Gasteiger partial charge in [0.15, 0.2) is 0 Å². The zero-order valence-corrected chi connectivity index (χ0v) is 13.1. The van der Waals surface area contributed by atoms with Crippen LogP contribution in [0.15, 0.2) is 59.3 Å². The number of aryl methyl sites for hydroxylation is 2. The summed E-state index contributed by atoms with van der Waals surface area (Å²) in [5, 5.41) is 4.05. The zero-order valence-electron chi connectivity index (χ0n) is 12.3. The Morgan fingerprint density at radius 3 is 2.43 bits per heavy atom. The maximum atomic E-state index is 5.79. The Morgan fingerprint density at radius 1 is 0.952 bits per heavy atom. The van der Waals surface area contributed by atoms with Crippen LogP contribution in [0.25, 0.3) is 11.1 Å². The fraction of sp³-hybridized carbons (Fsp3) is 0.158. The van der Waals surface area contributed by atoms with Gasteiger partial charge in [-0.05, 0) is 59.2 Å². The number of thiophene rings is 1. The molecule has 2 aromatic carbocycles. The lowest BCUT2D eigenvalue weighted by Gasteiger charge is -2.11. The van der Waals surface area contributed by atoms with Gasteiger partial charge in [-0.1, -0.05) is 36.4 Å². The second kappa shape index (κ2) is 6.15. The van der Waals surface area contributed by atoms with Gasteiger partial charge in [0, 0.05) is 5.38 Å². The van der Waals surface area contributed by atoms with Crippen LogP contribution in [0.2, 0.25) is 0 Å². The van der Waals surface area contributed by atoms with Crippen molar-refractivity contribution in [3.8, 4) is 16.9 Å². The lowest BCUT2D eigenvalue weighted by Crippen LogP contribution is -1.95. The van der Waals surface area contributed by atoms with Crippen LogP contribution in [0, 0.1) is 13.8 Å². The Labute approximate surface area is 129 Å². The quantitative estimate of drug-likeness (QED) is 0.607. The second-order valence-corrected chi connectivity index (χ2v) is 5.99. The largest absolute Gasteiger partial charge is 0.488 e. The molecule has 1 aromatic heterocycles. The lowest BCUT2D eigenvalue weighted by molar-refractivity contribution is 0.307. The van der Waals surface area contributed by atoms with Crippen LogP contribution < -0.4 is 4.74 Å². The van der Waals surface area contributed by atoms with Gasteiger partial charge in [-0.25, -0.2) is 0 Å². The van der Waals surface area contributed by atoms with E-state index >= 15 is 0 Å². The molecule has 106 valence electrons. The average molecular weight is 294 g/mol. The molecule has 0 aliphatic carbocycles. The van der Waals surface area contributed by atoms with Crippen LogP contribution in [0.1, 0.15) is 16.7 Å². The van der Waals surface area contributed by atoms with E-state index in [2.05, 4.69) is 56.3 Å². The normalized spacial score (nSPS) is 10.6. The van der Waals surface area contributed by atoms with Crippen LogP contribution in [0.3, 0.4) is 0 Å². The minimum Gasteiger partial charge on any atom is -0.488 e. The SMILES string of the molecule is Cc1cccc(C)c1-c1cccc(COc2ccsc2)c1. The van der Waals surface area contributed by atoms with E-state index in [4.69, 9.17) is 4.74 Å². The molecule has 0 saturated heterocycles. The first kappa shape index (κ1) is 13.9. The summed E-state index contributed by atoms with van der Waals surface area (Å²) in [5.41, 5.74) is 6.41. The monoisotopic (exact) mass is 294 g/mol. The third kappa shape index (κ3) is 3.17. The van der Waals surface area contributed by atoms with E-state index in [0.717, 1.165) is 5.75 Å². The van der Waals surface area contributed by atoms with Gasteiger partial charge >= 0.3 is 0 Å². The average Bonchev–Trinajstić information content (AvgIpc) is 2.99. The summed E-state index contributed by atoms with van der Waals surface area (Å²) >= 11 is 1.65. The van der Waals surface area contributed by atoms with Crippen molar-refractivity contribution in [2.24, 2.45) is 0 Å². The molecule has 1 heterocycles. The van der Waals surface area contributed by atoms with Crippen LogP contribution in [0.5, 0.6) is 5.75 Å². The molecule has 0 spiro atoms. The van der Waals surface area contributed by atoms with Crippen LogP contribution in [-0.4, -0.2) is 0 Å². The van der Waals surface area contributed by atoms with Crippen LogP contribution in [0.4, 0.5) is 0 Å². The molecule has 0 bridgehead atoms. The summed E-state index contributed by atoms with van der Waals surface area (Å²) < 4.78 is 5.79. The van der Waals surface area contributed by atoms with Crippen molar-refractivity contribution >= 4 is 11.3 Å². The van der Waals surface area contributed by atoms with E-state index in [1.54, 1.807) is 11.3 Å². The standard InChI is InChI=1S/C19H18OS/c1-14-5-3-6-15(2)19(14)17-8-4-7-16(11-17)12-20-18-9-10-21-13-18/h3-11,13H,12H2,1-2H3. The van der Waals surface area contributed by atoms with Gasteiger partial charge < -0.3 is 4.74 Å². The predicted molar refractivity (Wildman–Crippen MR) is 90.0 cm³/mol. The Balaban J connectivity index is 1.86. The van der Waals surface area contributed by atoms with Crippen LogP contribution in [-0.2, 0) is 6.61 Å². The fourth-order valence-corrected chi connectivity index (χ4v) is 3.16. The Kier molecular flexibility index (Phi) is 4.07. The van der Waals surface area contributed by atoms with E-state index in [-0.39, 0.29) is 0 Å². The van der Waals surface area contributed by atoms with Crippen LogP contribution >= 0.6 is 11.3 Å². The van der Waals surface area contributed by atoms with E-state index < -0.39 is 0 Å². The van der Waals surface area contributed by atoms with Crippen molar-refractivity contribution in [1.82, 2.24) is 0 Å². The molecule has 21 heavy (non-hydrogen) atoms. The van der Waals surface area contributed by atoms with Gasteiger partial charge in [0.25, 0.3) is 0 Å². The van der Waals surface area contributed by atoms with Gasteiger partial charge in [0.2, 0.25) is 0 Å². The maximum Gasteiger partial charge on any atom is 0.130 e. The van der Waals surface area contributed by atoms with Gasteiger partial charge in [-0.3, -0.25) is 0 Å². The summed E-state index contributed by atoms with van der Waals surface area (Å²) in [7, 11) is 0. The number of hydrogen-bond acceptors (Lipinski definition) is 2. The highest BCUT2D eigenvalue weighted by molar-refractivity contribution is 7.08. The van der Waals surface area contributed by atoms with Crippen molar-refractivity contribution in [1.29, 1.82) is 0 Å². The van der Waals surface area contributed by atoms with Crippen molar-refractivity contribution in [2.45, 2.75) is 20.5 Å². The molecule has 2 heteroatoms. The molecule has 3 aromatic rings. The Bertz CT molecular complexity index is 709. The van der Waals surface area contributed by atoms with Gasteiger partial charge in [-0.2, -0.15) is 0 Å². The molecular weight excluding hydrogens is 276 g/mol. The van der Waals surface area contributed by atoms with Gasteiger partial charge in [0.1, 0.15) is 12.4 Å². The first-order chi connectivity index (χ1) is 10.2. The minimum atomic E-state index is 0.607. The van der Waals surface area contributed by atoms with Crippen molar-refractivity contribution in [3.05, 3.63) is 76.0 Å². The molecule has 0 radical (unpaired) electrons. The summed E-state index contributed by atoms with van der Waals surface area (Å²) in [5.74, 6) is 0.942. The number of benzene rings is 2. The van der Waals surface area contributed by atoms with E-state index in [1.165, 1.54) is 27.8 Å². The maximum absolute atomic E-state index is 5.79. The smallest absolute Gasteiger partial charge is 0.130 e. The number of rotatable bonds is 4. The van der Waals surface area contributed by atoms with Crippen molar-refractivity contribution in [3.63, 3.8) is 0 Å².